The molecule has 1 aromatic heterocycles. The molecule has 0 saturated carbocycles. The number of hydrogen-bond acceptors (Lipinski definition) is 3. The van der Waals surface area contributed by atoms with Crippen molar-refractivity contribution in [3.8, 4) is 5.75 Å². The van der Waals surface area contributed by atoms with Crippen LogP contribution in [-0.4, -0.2) is 0 Å². The average Bonchev–Trinajstić information content (AvgIpc) is 3.21. The Morgan fingerprint density at radius 3 is 2.46 bits per heavy atom. The third kappa shape index (κ3) is 3.96. The van der Waals surface area contributed by atoms with Crippen LogP contribution in [0.15, 0.2) is 84.2 Å². The monoisotopic (exact) mass is 359 g/mol. The van der Waals surface area contributed by atoms with Crippen LogP contribution < -0.4 is 10.1 Å². The van der Waals surface area contributed by atoms with Crippen LogP contribution in [-0.2, 0) is 19.7 Å². The van der Waals surface area contributed by atoms with E-state index in [0.29, 0.717) is 6.61 Å². The molecule has 2 nitrogen and oxygen atoms in total. The van der Waals surface area contributed by atoms with Gasteiger partial charge in [-0.1, -0.05) is 66.7 Å². The molecular formula is C23H21NOS. The van der Waals surface area contributed by atoms with Crippen molar-refractivity contribution in [1.82, 2.24) is 5.32 Å². The highest BCUT2D eigenvalue weighted by atomic mass is 32.1. The van der Waals surface area contributed by atoms with Crippen molar-refractivity contribution in [3.05, 3.63) is 100 Å². The standard InChI is InChI=1S/C23H21NOS/c1-2-7-18(8-3-1)17-25-23-13-12-19-9-4-5-11-21(19)22(23)16-24-15-20-10-6-14-26-20/h1-14,24H,15-17H2. The topological polar surface area (TPSA) is 21.3 Å². The van der Waals surface area contributed by atoms with Crippen molar-refractivity contribution in [2.45, 2.75) is 19.7 Å². The molecule has 26 heavy (non-hydrogen) atoms. The van der Waals surface area contributed by atoms with Crippen molar-refractivity contribution in [2.75, 3.05) is 0 Å². The van der Waals surface area contributed by atoms with E-state index in [-0.39, 0.29) is 0 Å². The summed E-state index contributed by atoms with van der Waals surface area (Å²) in [5.41, 5.74) is 2.40. The lowest BCUT2D eigenvalue weighted by Crippen LogP contribution is -2.13. The molecule has 0 spiro atoms. The SMILES string of the molecule is c1ccc(COc2ccc3ccccc3c2CNCc2cccs2)cc1. The first-order valence-corrected chi connectivity index (χ1v) is 9.68. The number of thiophene rings is 1. The maximum Gasteiger partial charge on any atom is 0.124 e. The zero-order valence-electron chi connectivity index (χ0n) is 14.5. The van der Waals surface area contributed by atoms with Gasteiger partial charge in [0.2, 0.25) is 0 Å². The van der Waals surface area contributed by atoms with Crippen molar-refractivity contribution >= 4 is 22.1 Å². The predicted octanol–water partition coefficient (Wildman–Crippen LogP) is 5.77. The highest BCUT2D eigenvalue weighted by molar-refractivity contribution is 7.09. The van der Waals surface area contributed by atoms with E-state index in [2.05, 4.69) is 71.4 Å². The molecule has 0 bridgehead atoms. The first-order valence-electron chi connectivity index (χ1n) is 8.80. The normalized spacial score (nSPS) is 10.9. The van der Waals surface area contributed by atoms with E-state index in [9.17, 15) is 0 Å². The van der Waals surface area contributed by atoms with E-state index >= 15 is 0 Å². The lowest BCUT2D eigenvalue weighted by atomic mass is 10.0. The molecular weight excluding hydrogens is 338 g/mol. The Balaban J connectivity index is 1.56. The Hall–Kier alpha value is -2.62. The molecule has 0 amide bonds. The fourth-order valence-corrected chi connectivity index (χ4v) is 3.77. The Morgan fingerprint density at radius 1 is 0.769 bits per heavy atom. The van der Waals surface area contributed by atoms with Crippen LogP contribution in [0.3, 0.4) is 0 Å². The highest BCUT2D eigenvalue weighted by Crippen LogP contribution is 2.29. The van der Waals surface area contributed by atoms with Gasteiger partial charge in [-0.25, -0.2) is 0 Å². The van der Waals surface area contributed by atoms with Gasteiger partial charge in [0.05, 0.1) is 0 Å². The van der Waals surface area contributed by atoms with Gasteiger partial charge in [0.25, 0.3) is 0 Å². The largest absolute Gasteiger partial charge is 0.489 e. The van der Waals surface area contributed by atoms with Gasteiger partial charge < -0.3 is 10.1 Å². The third-order valence-electron chi connectivity index (χ3n) is 4.42. The van der Waals surface area contributed by atoms with E-state index in [0.717, 1.165) is 18.8 Å². The zero-order chi connectivity index (χ0) is 17.6. The minimum Gasteiger partial charge on any atom is -0.489 e. The van der Waals surface area contributed by atoms with E-state index < -0.39 is 0 Å². The van der Waals surface area contributed by atoms with E-state index in [1.165, 1.54) is 26.8 Å². The fourth-order valence-electron chi connectivity index (χ4n) is 3.09. The van der Waals surface area contributed by atoms with Crippen LogP contribution in [0.2, 0.25) is 0 Å². The second-order valence-electron chi connectivity index (χ2n) is 6.22. The molecule has 0 atom stereocenters. The summed E-state index contributed by atoms with van der Waals surface area (Å²) in [6, 6.07) is 27.3. The van der Waals surface area contributed by atoms with E-state index in [4.69, 9.17) is 4.74 Å². The van der Waals surface area contributed by atoms with Crippen LogP contribution in [0, 0.1) is 0 Å². The summed E-state index contributed by atoms with van der Waals surface area (Å²) in [5, 5.41) is 8.17. The van der Waals surface area contributed by atoms with Gasteiger partial charge >= 0.3 is 0 Å². The summed E-state index contributed by atoms with van der Waals surface area (Å²) >= 11 is 1.78. The minimum absolute atomic E-state index is 0.580. The maximum absolute atomic E-state index is 6.18. The fraction of sp³-hybridized carbons (Fsp3) is 0.130. The molecule has 0 saturated heterocycles. The number of hydrogen-bond donors (Lipinski definition) is 1. The molecule has 0 fully saturated rings. The third-order valence-corrected chi connectivity index (χ3v) is 5.29. The first-order chi connectivity index (χ1) is 12.9. The molecule has 1 N–H and O–H groups in total. The van der Waals surface area contributed by atoms with Crippen LogP contribution in [0.5, 0.6) is 5.75 Å². The maximum atomic E-state index is 6.18. The summed E-state index contributed by atoms with van der Waals surface area (Å²) in [7, 11) is 0. The first kappa shape index (κ1) is 16.8. The van der Waals surface area contributed by atoms with Crippen LogP contribution in [0.25, 0.3) is 10.8 Å². The molecule has 0 unspecified atom stereocenters. The zero-order valence-corrected chi connectivity index (χ0v) is 15.3. The molecule has 0 aliphatic rings. The predicted molar refractivity (Wildman–Crippen MR) is 110 cm³/mol. The van der Waals surface area contributed by atoms with Gasteiger partial charge in [-0.15, -0.1) is 11.3 Å². The molecule has 130 valence electrons. The Kier molecular flexibility index (Phi) is 5.29. The quantitative estimate of drug-likeness (QED) is 0.452. The summed E-state index contributed by atoms with van der Waals surface area (Å²) in [6.07, 6.45) is 0. The van der Waals surface area contributed by atoms with Crippen LogP contribution in [0.1, 0.15) is 16.0 Å². The minimum atomic E-state index is 0.580. The average molecular weight is 359 g/mol. The molecule has 3 heteroatoms. The summed E-state index contributed by atoms with van der Waals surface area (Å²) in [5.74, 6) is 0.950. The van der Waals surface area contributed by atoms with E-state index in [1.807, 2.05) is 18.2 Å². The molecule has 3 aromatic carbocycles. The molecule has 1 heterocycles. The smallest absolute Gasteiger partial charge is 0.124 e. The molecule has 4 rings (SSSR count). The van der Waals surface area contributed by atoms with Crippen molar-refractivity contribution < 1.29 is 4.74 Å². The van der Waals surface area contributed by atoms with Gasteiger partial charge in [0.15, 0.2) is 0 Å². The Morgan fingerprint density at radius 2 is 1.62 bits per heavy atom. The summed E-state index contributed by atoms with van der Waals surface area (Å²) in [4.78, 5) is 1.34. The Labute approximate surface area is 158 Å². The van der Waals surface area contributed by atoms with Crippen LogP contribution in [0.4, 0.5) is 0 Å². The van der Waals surface area contributed by atoms with Crippen molar-refractivity contribution in [1.29, 1.82) is 0 Å². The molecule has 4 aromatic rings. The highest BCUT2D eigenvalue weighted by Gasteiger charge is 2.09. The van der Waals surface area contributed by atoms with Crippen molar-refractivity contribution in [2.24, 2.45) is 0 Å². The van der Waals surface area contributed by atoms with Crippen LogP contribution >= 0.6 is 11.3 Å². The van der Waals surface area contributed by atoms with Crippen molar-refractivity contribution in [3.63, 3.8) is 0 Å². The van der Waals surface area contributed by atoms with Gasteiger partial charge in [0.1, 0.15) is 12.4 Å². The number of rotatable bonds is 7. The van der Waals surface area contributed by atoms with Gasteiger partial charge in [-0.05, 0) is 33.8 Å². The van der Waals surface area contributed by atoms with Gasteiger partial charge in [0, 0.05) is 23.5 Å². The summed E-state index contributed by atoms with van der Waals surface area (Å²) in [6.45, 7) is 2.24. The Bertz CT molecular complexity index is 964. The second-order valence-corrected chi connectivity index (χ2v) is 7.25. The number of benzene rings is 3. The molecule has 0 aliphatic heterocycles. The number of fused-ring (bicyclic) bond motifs is 1. The molecule has 0 radical (unpaired) electrons. The molecule has 0 aliphatic carbocycles. The lowest BCUT2D eigenvalue weighted by Gasteiger charge is -2.15. The lowest BCUT2D eigenvalue weighted by molar-refractivity contribution is 0.302. The number of ether oxygens (including phenoxy) is 1. The van der Waals surface area contributed by atoms with E-state index in [1.54, 1.807) is 11.3 Å². The van der Waals surface area contributed by atoms with Gasteiger partial charge in [-0.3, -0.25) is 0 Å². The van der Waals surface area contributed by atoms with Gasteiger partial charge in [-0.2, -0.15) is 0 Å². The second kappa shape index (κ2) is 8.17. The summed E-state index contributed by atoms with van der Waals surface area (Å²) < 4.78 is 6.18. The number of nitrogens with one attached hydrogen (secondary N) is 1.